The van der Waals surface area contributed by atoms with Crippen LogP contribution in [0.25, 0.3) is 11.3 Å². The molecular formula is C16H21N3O2. The van der Waals surface area contributed by atoms with Crippen LogP contribution >= 0.6 is 0 Å². The highest BCUT2D eigenvalue weighted by molar-refractivity contribution is 6.00. The summed E-state index contributed by atoms with van der Waals surface area (Å²) < 4.78 is 5.19. The van der Waals surface area contributed by atoms with Crippen molar-refractivity contribution < 1.29 is 9.32 Å². The Morgan fingerprint density at radius 3 is 2.67 bits per heavy atom. The molecule has 0 aliphatic carbocycles. The summed E-state index contributed by atoms with van der Waals surface area (Å²) in [6.45, 7) is 6.15. The van der Waals surface area contributed by atoms with E-state index in [-0.39, 0.29) is 5.91 Å². The number of nitrogens with one attached hydrogen (secondary N) is 2. The Kier molecular flexibility index (Phi) is 5.51. The zero-order valence-electron chi connectivity index (χ0n) is 12.5. The van der Waals surface area contributed by atoms with Gasteiger partial charge >= 0.3 is 0 Å². The summed E-state index contributed by atoms with van der Waals surface area (Å²) in [7, 11) is 0. The normalized spacial score (nSPS) is 10.6. The van der Waals surface area contributed by atoms with Crippen LogP contribution in [0.15, 0.2) is 34.9 Å². The predicted molar refractivity (Wildman–Crippen MR) is 82.2 cm³/mol. The van der Waals surface area contributed by atoms with Crippen molar-refractivity contribution in [2.45, 2.75) is 20.3 Å². The van der Waals surface area contributed by atoms with Gasteiger partial charge in [-0.2, -0.15) is 0 Å². The summed E-state index contributed by atoms with van der Waals surface area (Å²) in [4.78, 5) is 12.3. The first-order valence-electron chi connectivity index (χ1n) is 7.24. The van der Waals surface area contributed by atoms with Gasteiger partial charge < -0.3 is 15.2 Å². The first-order chi connectivity index (χ1) is 10.2. The van der Waals surface area contributed by atoms with Crippen molar-refractivity contribution in [2.24, 2.45) is 0 Å². The minimum atomic E-state index is -0.147. The Morgan fingerprint density at radius 1 is 1.19 bits per heavy atom. The highest BCUT2D eigenvalue weighted by Crippen LogP contribution is 2.24. The molecule has 0 aliphatic rings. The minimum Gasteiger partial charge on any atom is -0.360 e. The Labute approximate surface area is 124 Å². The fraction of sp³-hybridized carbons (Fsp3) is 0.375. The number of aromatic nitrogens is 1. The molecule has 1 aromatic heterocycles. The topological polar surface area (TPSA) is 67.2 Å². The molecule has 1 heterocycles. The van der Waals surface area contributed by atoms with Crippen LogP contribution in [0, 0.1) is 6.92 Å². The third kappa shape index (κ3) is 3.92. The summed E-state index contributed by atoms with van der Waals surface area (Å²) in [5.74, 6) is 0.388. The molecule has 5 nitrogen and oxygen atoms in total. The summed E-state index contributed by atoms with van der Waals surface area (Å²) in [6.07, 6.45) is 1.08. The average Bonchev–Trinajstić information content (AvgIpc) is 2.89. The largest absolute Gasteiger partial charge is 0.360 e. The molecule has 0 bridgehead atoms. The van der Waals surface area contributed by atoms with Crippen molar-refractivity contribution in [3.8, 4) is 11.3 Å². The van der Waals surface area contributed by atoms with Crippen molar-refractivity contribution in [3.05, 3.63) is 41.7 Å². The van der Waals surface area contributed by atoms with Gasteiger partial charge in [-0.1, -0.05) is 42.4 Å². The van der Waals surface area contributed by atoms with E-state index in [1.807, 2.05) is 30.3 Å². The van der Waals surface area contributed by atoms with Crippen LogP contribution in [0.2, 0.25) is 0 Å². The number of hydrogen-bond acceptors (Lipinski definition) is 4. The lowest BCUT2D eigenvalue weighted by Gasteiger charge is -2.06. The van der Waals surface area contributed by atoms with Crippen LogP contribution in [-0.4, -0.2) is 30.7 Å². The number of carbonyl (C=O) groups is 1. The van der Waals surface area contributed by atoms with Crippen LogP contribution in [-0.2, 0) is 0 Å². The maximum atomic E-state index is 12.3. The molecule has 0 fully saturated rings. The molecule has 112 valence electrons. The van der Waals surface area contributed by atoms with Crippen LogP contribution in [0.1, 0.15) is 29.5 Å². The lowest BCUT2D eigenvalue weighted by atomic mass is 10.1. The van der Waals surface area contributed by atoms with E-state index >= 15 is 0 Å². The Balaban J connectivity index is 2.06. The predicted octanol–water partition coefficient (Wildman–Crippen LogP) is 2.38. The van der Waals surface area contributed by atoms with Crippen molar-refractivity contribution in [1.29, 1.82) is 0 Å². The Hall–Kier alpha value is -2.14. The fourth-order valence-corrected chi connectivity index (χ4v) is 2.09. The van der Waals surface area contributed by atoms with E-state index in [9.17, 15) is 4.79 Å². The number of nitrogens with zero attached hydrogens (tertiary/aromatic N) is 1. The van der Waals surface area contributed by atoms with E-state index in [4.69, 9.17) is 4.52 Å². The van der Waals surface area contributed by atoms with Crippen LogP contribution < -0.4 is 10.6 Å². The number of aryl methyl sites for hydroxylation is 1. The van der Waals surface area contributed by atoms with Gasteiger partial charge in [0.15, 0.2) is 0 Å². The second-order valence-corrected chi connectivity index (χ2v) is 4.83. The molecule has 2 aromatic rings. The van der Waals surface area contributed by atoms with Gasteiger partial charge in [0.25, 0.3) is 5.91 Å². The van der Waals surface area contributed by atoms with E-state index in [2.05, 4.69) is 22.7 Å². The molecule has 2 rings (SSSR count). The summed E-state index contributed by atoms with van der Waals surface area (Å²) in [6, 6.07) is 9.58. The van der Waals surface area contributed by atoms with Gasteiger partial charge in [0, 0.05) is 18.7 Å². The van der Waals surface area contributed by atoms with E-state index < -0.39 is 0 Å². The number of carbonyl (C=O) groups excluding carboxylic acids is 1. The molecule has 0 saturated carbocycles. The third-order valence-corrected chi connectivity index (χ3v) is 3.15. The minimum absolute atomic E-state index is 0.147. The van der Waals surface area contributed by atoms with Gasteiger partial charge in [-0.05, 0) is 19.9 Å². The first-order valence-corrected chi connectivity index (χ1v) is 7.24. The van der Waals surface area contributed by atoms with Gasteiger partial charge in [0.2, 0.25) is 0 Å². The zero-order chi connectivity index (χ0) is 15.1. The monoisotopic (exact) mass is 287 g/mol. The molecule has 1 amide bonds. The molecule has 0 unspecified atom stereocenters. The smallest absolute Gasteiger partial charge is 0.257 e. The van der Waals surface area contributed by atoms with E-state index in [1.54, 1.807) is 6.92 Å². The van der Waals surface area contributed by atoms with Crippen molar-refractivity contribution in [1.82, 2.24) is 15.8 Å². The van der Waals surface area contributed by atoms with Gasteiger partial charge in [-0.15, -0.1) is 0 Å². The molecule has 21 heavy (non-hydrogen) atoms. The maximum absolute atomic E-state index is 12.3. The fourth-order valence-electron chi connectivity index (χ4n) is 2.09. The Bertz CT molecular complexity index is 578. The van der Waals surface area contributed by atoms with Gasteiger partial charge in [-0.3, -0.25) is 4.79 Å². The lowest BCUT2D eigenvalue weighted by Crippen LogP contribution is -2.32. The molecule has 0 aliphatic heterocycles. The third-order valence-electron chi connectivity index (χ3n) is 3.15. The summed E-state index contributed by atoms with van der Waals surface area (Å²) in [5, 5.41) is 10.1. The summed E-state index contributed by atoms with van der Waals surface area (Å²) >= 11 is 0. The van der Waals surface area contributed by atoms with Crippen molar-refractivity contribution >= 4 is 5.91 Å². The highest BCUT2D eigenvalue weighted by Gasteiger charge is 2.20. The second-order valence-electron chi connectivity index (χ2n) is 4.83. The van der Waals surface area contributed by atoms with Gasteiger partial charge in [0.05, 0.1) is 0 Å². The molecule has 5 heteroatoms. The molecule has 1 aromatic carbocycles. The second kappa shape index (κ2) is 7.59. The van der Waals surface area contributed by atoms with Gasteiger partial charge in [0.1, 0.15) is 17.0 Å². The number of hydrogen-bond donors (Lipinski definition) is 2. The van der Waals surface area contributed by atoms with Crippen molar-refractivity contribution in [2.75, 3.05) is 19.6 Å². The Morgan fingerprint density at radius 2 is 1.95 bits per heavy atom. The van der Waals surface area contributed by atoms with Crippen LogP contribution in [0.3, 0.4) is 0 Å². The highest BCUT2D eigenvalue weighted by atomic mass is 16.5. The van der Waals surface area contributed by atoms with E-state index in [0.29, 0.717) is 23.6 Å². The van der Waals surface area contributed by atoms with Crippen LogP contribution in [0.5, 0.6) is 0 Å². The van der Waals surface area contributed by atoms with Crippen LogP contribution in [0.4, 0.5) is 0 Å². The van der Waals surface area contributed by atoms with E-state index in [0.717, 1.165) is 25.1 Å². The number of amides is 1. The molecule has 0 atom stereocenters. The molecule has 0 spiro atoms. The molecule has 0 saturated heterocycles. The molecule has 0 radical (unpaired) electrons. The molecular weight excluding hydrogens is 266 g/mol. The SMILES string of the molecule is CCCNCCNC(=O)c1c(-c2ccccc2)noc1C. The zero-order valence-corrected chi connectivity index (χ0v) is 12.5. The number of rotatable bonds is 7. The van der Waals surface area contributed by atoms with E-state index in [1.165, 1.54) is 0 Å². The first kappa shape index (κ1) is 15.3. The summed E-state index contributed by atoms with van der Waals surface area (Å²) in [5.41, 5.74) is 1.98. The molecule has 2 N–H and O–H groups in total. The average molecular weight is 287 g/mol. The maximum Gasteiger partial charge on any atom is 0.257 e. The van der Waals surface area contributed by atoms with Gasteiger partial charge in [-0.25, -0.2) is 0 Å². The number of benzene rings is 1. The quantitative estimate of drug-likeness (QED) is 0.767. The van der Waals surface area contributed by atoms with Crippen molar-refractivity contribution in [3.63, 3.8) is 0 Å². The lowest BCUT2D eigenvalue weighted by molar-refractivity contribution is 0.0953. The standard InChI is InChI=1S/C16H21N3O2/c1-3-9-17-10-11-18-16(20)14-12(2)21-19-15(14)13-7-5-4-6-8-13/h4-8,17H,3,9-11H2,1-2H3,(H,18,20).